The van der Waals surface area contributed by atoms with Crippen LogP contribution in [0.1, 0.15) is 57.2 Å². The van der Waals surface area contributed by atoms with Crippen molar-refractivity contribution in [2.24, 2.45) is 11.7 Å². The molecule has 0 aliphatic heterocycles. The number of aryl methyl sites for hydroxylation is 1. The Kier molecular flexibility index (Phi) is 5.22. The van der Waals surface area contributed by atoms with Crippen LogP contribution in [0.25, 0.3) is 0 Å². The van der Waals surface area contributed by atoms with E-state index in [1.165, 1.54) is 36.9 Å². The highest BCUT2D eigenvalue weighted by molar-refractivity contribution is 5.25. The summed E-state index contributed by atoms with van der Waals surface area (Å²) in [7, 11) is 0. The average molecular weight is 274 g/mol. The maximum atomic E-state index is 6.34. The minimum Gasteiger partial charge on any atom is -0.326 e. The summed E-state index contributed by atoms with van der Waals surface area (Å²) in [6.07, 6.45) is 3.94. The van der Waals surface area contributed by atoms with Crippen molar-refractivity contribution >= 4 is 0 Å². The number of rotatable bonds is 7. The van der Waals surface area contributed by atoms with Gasteiger partial charge in [-0.1, -0.05) is 43.7 Å². The molecule has 2 nitrogen and oxygen atoms in total. The molecule has 0 amide bonds. The smallest absolute Gasteiger partial charge is 0.0499 e. The Morgan fingerprint density at radius 2 is 1.75 bits per heavy atom. The van der Waals surface area contributed by atoms with E-state index in [4.69, 9.17) is 5.73 Å². The van der Waals surface area contributed by atoms with E-state index in [-0.39, 0.29) is 6.04 Å². The average Bonchev–Trinajstić information content (AvgIpc) is 3.19. The summed E-state index contributed by atoms with van der Waals surface area (Å²) in [6.45, 7) is 10.1. The first-order chi connectivity index (χ1) is 9.49. The van der Waals surface area contributed by atoms with E-state index in [1.807, 2.05) is 0 Å². The van der Waals surface area contributed by atoms with Crippen LogP contribution in [-0.4, -0.2) is 23.5 Å². The lowest BCUT2D eigenvalue weighted by atomic mass is 9.97. The van der Waals surface area contributed by atoms with Crippen LogP contribution in [0.3, 0.4) is 0 Å². The van der Waals surface area contributed by atoms with E-state index in [1.54, 1.807) is 0 Å². The summed E-state index contributed by atoms with van der Waals surface area (Å²) in [4.78, 5) is 2.66. The van der Waals surface area contributed by atoms with Crippen LogP contribution in [0, 0.1) is 12.8 Å². The van der Waals surface area contributed by atoms with Gasteiger partial charge in [-0.25, -0.2) is 0 Å². The molecule has 1 aliphatic carbocycles. The van der Waals surface area contributed by atoms with Gasteiger partial charge in [0.15, 0.2) is 0 Å². The molecule has 0 aromatic heterocycles. The van der Waals surface area contributed by atoms with Crippen molar-refractivity contribution in [3.8, 4) is 0 Å². The second-order valence-electron chi connectivity index (χ2n) is 6.87. The SMILES string of the molecule is Cc1ccc(C(C(C)N)N(CCC(C)C)C2CC2)cc1. The van der Waals surface area contributed by atoms with Crippen LogP contribution in [0.2, 0.25) is 0 Å². The highest BCUT2D eigenvalue weighted by Gasteiger charge is 2.35. The van der Waals surface area contributed by atoms with Gasteiger partial charge in [0.1, 0.15) is 0 Å². The zero-order chi connectivity index (χ0) is 14.7. The summed E-state index contributed by atoms with van der Waals surface area (Å²) in [5.41, 5.74) is 9.03. The summed E-state index contributed by atoms with van der Waals surface area (Å²) in [6, 6.07) is 10.2. The topological polar surface area (TPSA) is 29.3 Å². The molecule has 1 aromatic rings. The second-order valence-corrected chi connectivity index (χ2v) is 6.87. The minimum atomic E-state index is 0.172. The van der Waals surface area contributed by atoms with Crippen LogP contribution < -0.4 is 5.73 Å². The highest BCUT2D eigenvalue weighted by Crippen LogP contribution is 2.36. The normalized spacial score (nSPS) is 18.6. The van der Waals surface area contributed by atoms with Gasteiger partial charge in [-0.05, 0) is 51.1 Å². The Labute approximate surface area is 124 Å². The molecule has 20 heavy (non-hydrogen) atoms. The molecule has 2 unspecified atom stereocenters. The maximum absolute atomic E-state index is 6.34. The lowest BCUT2D eigenvalue weighted by Gasteiger charge is -2.35. The maximum Gasteiger partial charge on any atom is 0.0499 e. The fourth-order valence-electron chi connectivity index (χ4n) is 2.92. The van der Waals surface area contributed by atoms with Crippen molar-refractivity contribution < 1.29 is 0 Å². The molecule has 1 aliphatic rings. The quantitative estimate of drug-likeness (QED) is 0.817. The molecule has 0 spiro atoms. The molecular weight excluding hydrogens is 244 g/mol. The van der Waals surface area contributed by atoms with Gasteiger partial charge in [0.25, 0.3) is 0 Å². The first-order valence-corrected chi connectivity index (χ1v) is 8.07. The number of hydrogen-bond acceptors (Lipinski definition) is 2. The standard InChI is InChI=1S/C18H30N2/c1-13(2)11-12-20(17-9-10-17)18(15(4)19)16-7-5-14(3)6-8-16/h5-8,13,15,17-18H,9-12,19H2,1-4H3. The molecule has 112 valence electrons. The van der Waals surface area contributed by atoms with E-state index in [2.05, 4.69) is 56.9 Å². The molecule has 1 saturated carbocycles. The second kappa shape index (κ2) is 6.73. The van der Waals surface area contributed by atoms with Crippen LogP contribution in [-0.2, 0) is 0 Å². The summed E-state index contributed by atoms with van der Waals surface area (Å²) in [5, 5.41) is 0. The van der Waals surface area contributed by atoms with Gasteiger partial charge in [0, 0.05) is 18.1 Å². The van der Waals surface area contributed by atoms with Gasteiger partial charge in [-0.15, -0.1) is 0 Å². The molecule has 0 saturated heterocycles. The molecular formula is C18H30N2. The van der Waals surface area contributed by atoms with E-state index in [0.29, 0.717) is 6.04 Å². The molecule has 2 rings (SSSR count). The Morgan fingerprint density at radius 3 is 2.20 bits per heavy atom. The van der Waals surface area contributed by atoms with E-state index in [9.17, 15) is 0 Å². The highest BCUT2D eigenvalue weighted by atomic mass is 15.2. The molecule has 2 heteroatoms. The molecule has 0 radical (unpaired) electrons. The summed E-state index contributed by atoms with van der Waals surface area (Å²) in [5.74, 6) is 0.753. The van der Waals surface area contributed by atoms with Crippen molar-refractivity contribution in [3.63, 3.8) is 0 Å². The third-order valence-corrected chi connectivity index (χ3v) is 4.25. The number of benzene rings is 1. The Morgan fingerprint density at radius 1 is 1.15 bits per heavy atom. The third-order valence-electron chi connectivity index (χ3n) is 4.25. The molecule has 2 N–H and O–H groups in total. The largest absolute Gasteiger partial charge is 0.326 e. The molecule has 0 heterocycles. The molecule has 1 fully saturated rings. The Hall–Kier alpha value is -0.860. The monoisotopic (exact) mass is 274 g/mol. The first-order valence-electron chi connectivity index (χ1n) is 8.07. The van der Waals surface area contributed by atoms with Crippen molar-refractivity contribution in [3.05, 3.63) is 35.4 Å². The first kappa shape index (κ1) is 15.5. The van der Waals surface area contributed by atoms with Crippen LogP contribution >= 0.6 is 0 Å². The third kappa shape index (κ3) is 4.07. The van der Waals surface area contributed by atoms with Gasteiger partial charge in [-0.3, -0.25) is 4.90 Å². The van der Waals surface area contributed by atoms with E-state index < -0.39 is 0 Å². The van der Waals surface area contributed by atoms with Crippen molar-refractivity contribution in [1.82, 2.24) is 4.90 Å². The van der Waals surface area contributed by atoms with Gasteiger partial charge >= 0.3 is 0 Å². The fourth-order valence-corrected chi connectivity index (χ4v) is 2.92. The number of nitrogens with two attached hydrogens (primary N) is 1. The zero-order valence-electron chi connectivity index (χ0n) is 13.5. The Bertz CT molecular complexity index is 404. The van der Waals surface area contributed by atoms with Crippen molar-refractivity contribution in [2.45, 2.75) is 65.1 Å². The van der Waals surface area contributed by atoms with E-state index >= 15 is 0 Å². The van der Waals surface area contributed by atoms with Gasteiger partial charge in [-0.2, -0.15) is 0 Å². The van der Waals surface area contributed by atoms with Crippen molar-refractivity contribution in [1.29, 1.82) is 0 Å². The van der Waals surface area contributed by atoms with Crippen LogP contribution in [0.5, 0.6) is 0 Å². The Balaban J connectivity index is 2.17. The van der Waals surface area contributed by atoms with Crippen LogP contribution in [0.15, 0.2) is 24.3 Å². The molecule has 0 bridgehead atoms. The van der Waals surface area contributed by atoms with Gasteiger partial charge in [0.2, 0.25) is 0 Å². The van der Waals surface area contributed by atoms with Gasteiger partial charge < -0.3 is 5.73 Å². The van der Waals surface area contributed by atoms with Crippen LogP contribution in [0.4, 0.5) is 0 Å². The molecule has 1 aromatic carbocycles. The fraction of sp³-hybridized carbons (Fsp3) is 0.667. The number of nitrogens with zero attached hydrogens (tertiary/aromatic N) is 1. The predicted molar refractivity (Wildman–Crippen MR) is 86.8 cm³/mol. The van der Waals surface area contributed by atoms with Gasteiger partial charge in [0.05, 0.1) is 0 Å². The predicted octanol–water partition coefficient (Wildman–Crippen LogP) is 3.89. The van der Waals surface area contributed by atoms with Crippen molar-refractivity contribution in [2.75, 3.05) is 6.54 Å². The number of hydrogen-bond donors (Lipinski definition) is 1. The lowest BCUT2D eigenvalue weighted by Crippen LogP contribution is -2.41. The lowest BCUT2D eigenvalue weighted by molar-refractivity contribution is 0.157. The minimum absolute atomic E-state index is 0.172. The molecule has 2 atom stereocenters. The summed E-state index contributed by atoms with van der Waals surface area (Å²) < 4.78 is 0. The zero-order valence-corrected chi connectivity index (χ0v) is 13.5. The summed E-state index contributed by atoms with van der Waals surface area (Å²) >= 11 is 0. The van der Waals surface area contributed by atoms with E-state index in [0.717, 1.165) is 12.0 Å².